The normalized spacial score (nSPS) is 15.6. The molecule has 0 amide bonds. The molecule has 0 aliphatic carbocycles. The molecule has 1 atom stereocenters. The Labute approximate surface area is 78.5 Å². The summed E-state index contributed by atoms with van der Waals surface area (Å²) in [5, 5.41) is 0. The van der Waals surface area contributed by atoms with Crippen LogP contribution in [0.4, 0.5) is 17.6 Å². The van der Waals surface area contributed by atoms with E-state index in [0.717, 1.165) is 19.1 Å². The summed E-state index contributed by atoms with van der Waals surface area (Å²) in [6, 6.07) is 2.31. The van der Waals surface area contributed by atoms with Crippen molar-refractivity contribution in [2.24, 2.45) is 5.73 Å². The number of hydrogen-bond donors (Lipinski definition) is 1. The van der Waals surface area contributed by atoms with Crippen molar-refractivity contribution >= 4 is 0 Å². The van der Waals surface area contributed by atoms with Crippen molar-refractivity contribution in [3.63, 3.8) is 0 Å². The lowest BCUT2D eigenvalue weighted by Crippen LogP contribution is -2.41. The molecular formula is C9H9F4N. The summed E-state index contributed by atoms with van der Waals surface area (Å²) < 4.78 is 50.5. The van der Waals surface area contributed by atoms with E-state index in [2.05, 4.69) is 0 Å². The van der Waals surface area contributed by atoms with E-state index in [1.54, 1.807) is 0 Å². The van der Waals surface area contributed by atoms with E-state index in [9.17, 15) is 17.6 Å². The molecule has 0 aliphatic rings. The van der Waals surface area contributed by atoms with Crippen LogP contribution in [0.5, 0.6) is 0 Å². The minimum Gasteiger partial charge on any atom is -0.317 e. The van der Waals surface area contributed by atoms with Crippen LogP contribution in [-0.4, -0.2) is 6.43 Å². The maximum Gasteiger partial charge on any atom is 0.260 e. The summed E-state index contributed by atoms with van der Waals surface area (Å²) in [7, 11) is 0. The van der Waals surface area contributed by atoms with Crippen molar-refractivity contribution in [2.45, 2.75) is 18.9 Å². The molecule has 0 bridgehead atoms. The molecule has 0 saturated carbocycles. The zero-order valence-corrected chi connectivity index (χ0v) is 7.40. The Bertz CT molecular complexity index is 336. The first kappa shape index (κ1) is 11.0. The van der Waals surface area contributed by atoms with Gasteiger partial charge in [0.15, 0.2) is 0 Å². The number of rotatable bonds is 2. The van der Waals surface area contributed by atoms with Gasteiger partial charge in [-0.15, -0.1) is 0 Å². The second kappa shape index (κ2) is 3.57. The third kappa shape index (κ3) is 1.87. The minimum atomic E-state index is -2.96. The Morgan fingerprint density at radius 2 is 1.86 bits per heavy atom. The first-order valence-electron chi connectivity index (χ1n) is 3.88. The van der Waals surface area contributed by atoms with Crippen LogP contribution in [0, 0.1) is 11.6 Å². The molecule has 0 saturated heterocycles. The van der Waals surface area contributed by atoms with Gasteiger partial charge in [-0.2, -0.15) is 0 Å². The molecule has 0 fully saturated rings. The summed E-state index contributed by atoms with van der Waals surface area (Å²) in [5.41, 5.74) is 2.50. The smallest absolute Gasteiger partial charge is 0.260 e. The lowest BCUT2D eigenvalue weighted by atomic mass is 9.93. The summed E-state index contributed by atoms with van der Waals surface area (Å²) >= 11 is 0. The van der Waals surface area contributed by atoms with Gasteiger partial charge in [0, 0.05) is 5.56 Å². The fraction of sp³-hybridized carbons (Fsp3) is 0.333. The maximum atomic E-state index is 13.0. The summed E-state index contributed by atoms with van der Waals surface area (Å²) in [6.45, 7) is 0.954. The number of alkyl halides is 2. The molecule has 5 heteroatoms. The molecule has 0 aliphatic heterocycles. The molecule has 1 rings (SSSR count). The van der Waals surface area contributed by atoms with Gasteiger partial charge < -0.3 is 5.73 Å². The highest BCUT2D eigenvalue weighted by atomic mass is 19.3. The third-order valence-electron chi connectivity index (χ3n) is 1.96. The second-order valence-electron chi connectivity index (χ2n) is 3.21. The molecule has 0 radical (unpaired) electrons. The molecule has 78 valence electrons. The van der Waals surface area contributed by atoms with E-state index in [1.165, 1.54) is 0 Å². The Morgan fingerprint density at radius 3 is 2.36 bits per heavy atom. The largest absolute Gasteiger partial charge is 0.317 e. The van der Waals surface area contributed by atoms with Crippen LogP contribution < -0.4 is 5.73 Å². The van der Waals surface area contributed by atoms with Crippen LogP contribution in [0.1, 0.15) is 12.5 Å². The highest BCUT2D eigenvalue weighted by Gasteiger charge is 2.35. The standard InChI is InChI=1S/C9H9F4N/c1-9(14,8(12)13)6-4-5(10)2-3-7(6)11/h2-4,8H,14H2,1H3. The van der Waals surface area contributed by atoms with Crippen LogP contribution in [0.2, 0.25) is 0 Å². The van der Waals surface area contributed by atoms with Gasteiger partial charge in [0.05, 0.1) is 0 Å². The quantitative estimate of drug-likeness (QED) is 0.740. The molecule has 0 spiro atoms. The van der Waals surface area contributed by atoms with E-state index >= 15 is 0 Å². The van der Waals surface area contributed by atoms with Gasteiger partial charge in [0.1, 0.15) is 17.2 Å². The average molecular weight is 207 g/mol. The molecule has 1 aromatic carbocycles. The van der Waals surface area contributed by atoms with Crippen molar-refractivity contribution in [1.29, 1.82) is 0 Å². The molecule has 1 nitrogen and oxygen atoms in total. The Balaban J connectivity index is 3.24. The minimum absolute atomic E-state index is 0.521. The Morgan fingerprint density at radius 1 is 1.29 bits per heavy atom. The summed E-state index contributed by atoms with van der Waals surface area (Å²) in [5.74, 6) is -1.73. The van der Waals surface area contributed by atoms with Crippen molar-refractivity contribution in [3.05, 3.63) is 35.4 Å². The molecule has 1 aromatic rings. The molecular weight excluding hydrogens is 198 g/mol. The number of nitrogens with two attached hydrogens (primary N) is 1. The Hall–Kier alpha value is -1.10. The van der Waals surface area contributed by atoms with Gasteiger partial charge in [-0.3, -0.25) is 0 Å². The van der Waals surface area contributed by atoms with Gasteiger partial charge in [-0.25, -0.2) is 17.6 Å². The summed E-state index contributed by atoms with van der Waals surface area (Å²) in [6.07, 6.45) is -2.96. The predicted molar refractivity (Wildman–Crippen MR) is 43.9 cm³/mol. The van der Waals surface area contributed by atoms with Gasteiger partial charge in [0.25, 0.3) is 6.43 Å². The van der Waals surface area contributed by atoms with Crippen molar-refractivity contribution < 1.29 is 17.6 Å². The lowest BCUT2D eigenvalue weighted by molar-refractivity contribution is 0.0603. The number of benzene rings is 1. The third-order valence-corrected chi connectivity index (χ3v) is 1.96. The fourth-order valence-electron chi connectivity index (χ4n) is 1.03. The van der Waals surface area contributed by atoms with E-state index in [1.807, 2.05) is 0 Å². The lowest BCUT2D eigenvalue weighted by Gasteiger charge is -2.24. The van der Waals surface area contributed by atoms with Gasteiger partial charge in [0.2, 0.25) is 0 Å². The predicted octanol–water partition coefficient (Wildman–Crippen LogP) is 2.40. The average Bonchev–Trinajstić information content (AvgIpc) is 2.08. The number of hydrogen-bond acceptors (Lipinski definition) is 1. The van der Waals surface area contributed by atoms with Gasteiger partial charge in [-0.1, -0.05) is 0 Å². The molecule has 2 N–H and O–H groups in total. The molecule has 0 aromatic heterocycles. The highest BCUT2D eigenvalue weighted by Crippen LogP contribution is 2.27. The van der Waals surface area contributed by atoms with Crippen molar-refractivity contribution in [3.8, 4) is 0 Å². The van der Waals surface area contributed by atoms with E-state index in [0.29, 0.717) is 6.07 Å². The van der Waals surface area contributed by atoms with Gasteiger partial charge >= 0.3 is 0 Å². The van der Waals surface area contributed by atoms with E-state index < -0.39 is 29.2 Å². The zero-order chi connectivity index (χ0) is 10.9. The maximum absolute atomic E-state index is 13.0. The SMILES string of the molecule is CC(N)(c1cc(F)ccc1F)C(F)F. The van der Waals surface area contributed by atoms with Crippen LogP contribution >= 0.6 is 0 Å². The topological polar surface area (TPSA) is 26.0 Å². The highest BCUT2D eigenvalue weighted by molar-refractivity contribution is 5.26. The van der Waals surface area contributed by atoms with Crippen LogP contribution in [0.3, 0.4) is 0 Å². The number of halogens is 4. The van der Waals surface area contributed by atoms with Crippen LogP contribution in [0.25, 0.3) is 0 Å². The van der Waals surface area contributed by atoms with Crippen molar-refractivity contribution in [2.75, 3.05) is 0 Å². The van der Waals surface area contributed by atoms with Crippen LogP contribution in [0.15, 0.2) is 18.2 Å². The first-order valence-corrected chi connectivity index (χ1v) is 3.88. The summed E-state index contributed by atoms with van der Waals surface area (Å²) in [4.78, 5) is 0. The molecule has 1 unspecified atom stereocenters. The Kier molecular flexibility index (Phi) is 2.80. The fourth-order valence-corrected chi connectivity index (χ4v) is 1.03. The van der Waals surface area contributed by atoms with E-state index in [-0.39, 0.29) is 0 Å². The van der Waals surface area contributed by atoms with Crippen molar-refractivity contribution in [1.82, 2.24) is 0 Å². The monoisotopic (exact) mass is 207 g/mol. The molecule has 14 heavy (non-hydrogen) atoms. The van der Waals surface area contributed by atoms with Gasteiger partial charge in [-0.05, 0) is 25.1 Å². The molecule has 0 heterocycles. The van der Waals surface area contributed by atoms with Crippen LogP contribution in [-0.2, 0) is 5.54 Å². The first-order chi connectivity index (χ1) is 6.35. The second-order valence-corrected chi connectivity index (χ2v) is 3.21. The van der Waals surface area contributed by atoms with E-state index in [4.69, 9.17) is 5.73 Å². The zero-order valence-electron chi connectivity index (χ0n) is 7.40.